The van der Waals surface area contributed by atoms with Crippen LogP contribution >= 0.6 is 22.9 Å². The predicted octanol–water partition coefficient (Wildman–Crippen LogP) is 3.80. The third-order valence-electron chi connectivity index (χ3n) is 2.71. The Balaban J connectivity index is 2.43. The number of pyridine rings is 1. The van der Waals surface area contributed by atoms with Crippen LogP contribution in [0, 0.1) is 6.92 Å². The first-order valence-electron chi connectivity index (χ1n) is 5.60. The van der Waals surface area contributed by atoms with Gasteiger partial charge in [-0.2, -0.15) is 0 Å². The molecule has 1 unspecified atom stereocenters. The molecule has 17 heavy (non-hydrogen) atoms. The zero-order chi connectivity index (χ0) is 12.3. The highest BCUT2D eigenvalue weighted by molar-refractivity contribution is 7.10. The van der Waals surface area contributed by atoms with E-state index >= 15 is 0 Å². The normalized spacial score (nSPS) is 12.6. The molecule has 0 spiro atoms. The second-order valence-electron chi connectivity index (χ2n) is 3.86. The molecule has 0 aliphatic heterocycles. The van der Waals surface area contributed by atoms with Gasteiger partial charge in [0, 0.05) is 17.3 Å². The summed E-state index contributed by atoms with van der Waals surface area (Å²) in [4.78, 5) is 5.37. The van der Waals surface area contributed by atoms with Crippen LogP contribution in [0.15, 0.2) is 29.9 Å². The minimum atomic E-state index is 0.140. The molecule has 90 valence electrons. The highest BCUT2D eigenvalue weighted by atomic mass is 35.5. The average molecular weight is 267 g/mol. The number of nitrogens with zero attached hydrogens (tertiary/aromatic N) is 1. The minimum Gasteiger partial charge on any atom is -0.306 e. The van der Waals surface area contributed by atoms with Crippen molar-refractivity contribution in [3.05, 3.63) is 50.9 Å². The van der Waals surface area contributed by atoms with Gasteiger partial charge in [-0.15, -0.1) is 11.3 Å². The number of aromatic nitrogens is 1. The topological polar surface area (TPSA) is 24.9 Å². The molecule has 1 N–H and O–H groups in total. The summed E-state index contributed by atoms with van der Waals surface area (Å²) in [6.45, 7) is 5.09. The zero-order valence-electron chi connectivity index (χ0n) is 9.90. The van der Waals surface area contributed by atoms with Gasteiger partial charge in [0.25, 0.3) is 0 Å². The molecule has 0 saturated heterocycles. The quantitative estimate of drug-likeness (QED) is 0.910. The summed E-state index contributed by atoms with van der Waals surface area (Å²) in [7, 11) is 0. The monoisotopic (exact) mass is 266 g/mol. The van der Waals surface area contributed by atoms with E-state index in [9.17, 15) is 0 Å². The molecule has 0 radical (unpaired) electrons. The van der Waals surface area contributed by atoms with Crippen molar-refractivity contribution in [2.45, 2.75) is 19.9 Å². The van der Waals surface area contributed by atoms with Crippen molar-refractivity contribution in [1.82, 2.24) is 10.3 Å². The molecule has 2 aromatic rings. The fourth-order valence-electron chi connectivity index (χ4n) is 1.84. The van der Waals surface area contributed by atoms with Crippen LogP contribution in [0.5, 0.6) is 0 Å². The van der Waals surface area contributed by atoms with Crippen LogP contribution in [0.4, 0.5) is 0 Å². The van der Waals surface area contributed by atoms with Gasteiger partial charge in [0.1, 0.15) is 0 Å². The van der Waals surface area contributed by atoms with Crippen LogP contribution in [0.2, 0.25) is 5.02 Å². The molecule has 2 rings (SSSR count). The Bertz CT molecular complexity index is 496. The van der Waals surface area contributed by atoms with E-state index in [2.05, 4.69) is 24.1 Å². The van der Waals surface area contributed by atoms with E-state index in [4.69, 9.17) is 11.6 Å². The van der Waals surface area contributed by atoms with Gasteiger partial charge in [-0.3, -0.25) is 4.98 Å². The third kappa shape index (κ3) is 2.68. The Labute approximate surface area is 111 Å². The summed E-state index contributed by atoms with van der Waals surface area (Å²) in [5.74, 6) is 0. The Morgan fingerprint density at radius 2 is 2.29 bits per heavy atom. The number of rotatable bonds is 4. The first-order valence-corrected chi connectivity index (χ1v) is 6.86. The lowest BCUT2D eigenvalue weighted by molar-refractivity contribution is 0.634. The van der Waals surface area contributed by atoms with Gasteiger partial charge >= 0.3 is 0 Å². The van der Waals surface area contributed by atoms with Gasteiger partial charge < -0.3 is 5.32 Å². The van der Waals surface area contributed by atoms with Crippen LogP contribution in [-0.4, -0.2) is 11.5 Å². The van der Waals surface area contributed by atoms with Crippen LogP contribution < -0.4 is 5.32 Å². The molecule has 2 nitrogen and oxygen atoms in total. The lowest BCUT2D eigenvalue weighted by atomic mass is 10.0. The highest BCUT2D eigenvalue weighted by Crippen LogP contribution is 2.33. The summed E-state index contributed by atoms with van der Waals surface area (Å²) < 4.78 is 0. The first kappa shape index (κ1) is 12.6. The Hall–Kier alpha value is -0.900. The number of nitrogens with one attached hydrogen (secondary N) is 1. The van der Waals surface area contributed by atoms with E-state index in [0.29, 0.717) is 0 Å². The molecular weight excluding hydrogens is 252 g/mol. The van der Waals surface area contributed by atoms with Crippen molar-refractivity contribution in [1.29, 1.82) is 0 Å². The predicted molar refractivity (Wildman–Crippen MR) is 73.8 cm³/mol. The SMILES string of the molecule is CCNC(c1cnccc1C)c1sccc1Cl. The van der Waals surface area contributed by atoms with Crippen LogP contribution in [0.3, 0.4) is 0 Å². The molecule has 2 aromatic heterocycles. The standard InChI is InChI=1S/C13H15ClN2S/c1-3-16-12(13-11(14)5-7-17-13)10-8-15-6-4-9(10)2/h4-8,12,16H,3H2,1-2H3. The van der Waals surface area contributed by atoms with Gasteiger partial charge in [0.05, 0.1) is 11.1 Å². The third-order valence-corrected chi connectivity index (χ3v) is 4.13. The summed E-state index contributed by atoms with van der Waals surface area (Å²) in [6.07, 6.45) is 3.73. The zero-order valence-corrected chi connectivity index (χ0v) is 11.5. The summed E-state index contributed by atoms with van der Waals surface area (Å²) in [5.41, 5.74) is 2.43. The van der Waals surface area contributed by atoms with E-state index in [1.54, 1.807) is 11.3 Å². The lowest BCUT2D eigenvalue weighted by Gasteiger charge is -2.19. The maximum Gasteiger partial charge on any atom is 0.0703 e. The van der Waals surface area contributed by atoms with Gasteiger partial charge in [-0.05, 0) is 42.1 Å². The van der Waals surface area contributed by atoms with Crippen molar-refractivity contribution in [3.63, 3.8) is 0 Å². The van der Waals surface area contributed by atoms with Crippen molar-refractivity contribution >= 4 is 22.9 Å². The lowest BCUT2D eigenvalue weighted by Crippen LogP contribution is -2.22. The first-order chi connectivity index (χ1) is 8.24. The number of hydrogen-bond donors (Lipinski definition) is 1. The van der Waals surface area contributed by atoms with Crippen molar-refractivity contribution in [2.24, 2.45) is 0 Å². The number of thiophene rings is 1. The molecule has 0 saturated carbocycles. The fraction of sp³-hybridized carbons (Fsp3) is 0.308. The Kier molecular flexibility index (Phi) is 4.15. The molecule has 0 aromatic carbocycles. The van der Waals surface area contributed by atoms with Gasteiger partial charge in [0.2, 0.25) is 0 Å². The van der Waals surface area contributed by atoms with Gasteiger partial charge in [-0.25, -0.2) is 0 Å². The van der Waals surface area contributed by atoms with Gasteiger partial charge in [-0.1, -0.05) is 18.5 Å². The van der Waals surface area contributed by atoms with E-state index < -0.39 is 0 Å². The number of aryl methyl sites for hydroxylation is 1. The minimum absolute atomic E-state index is 0.140. The molecule has 2 heterocycles. The van der Waals surface area contributed by atoms with Gasteiger partial charge in [0.15, 0.2) is 0 Å². The van der Waals surface area contributed by atoms with Crippen molar-refractivity contribution in [2.75, 3.05) is 6.54 Å². The molecule has 0 amide bonds. The summed E-state index contributed by atoms with van der Waals surface area (Å²) >= 11 is 7.90. The Morgan fingerprint density at radius 3 is 2.88 bits per heavy atom. The van der Waals surface area contributed by atoms with Crippen LogP contribution in [0.1, 0.15) is 29.0 Å². The largest absolute Gasteiger partial charge is 0.306 e. The summed E-state index contributed by atoms with van der Waals surface area (Å²) in [6, 6.07) is 4.11. The second kappa shape index (κ2) is 5.63. The molecule has 0 fully saturated rings. The second-order valence-corrected chi connectivity index (χ2v) is 5.21. The highest BCUT2D eigenvalue weighted by Gasteiger charge is 2.19. The van der Waals surface area contributed by atoms with E-state index in [0.717, 1.165) is 16.4 Å². The number of halogens is 1. The van der Waals surface area contributed by atoms with E-state index in [1.165, 1.54) is 11.1 Å². The maximum absolute atomic E-state index is 6.22. The van der Waals surface area contributed by atoms with E-state index in [1.807, 2.05) is 29.9 Å². The summed E-state index contributed by atoms with van der Waals surface area (Å²) in [5, 5.41) is 6.31. The molecule has 0 aliphatic carbocycles. The maximum atomic E-state index is 6.22. The number of hydrogen-bond acceptors (Lipinski definition) is 3. The smallest absolute Gasteiger partial charge is 0.0703 e. The Morgan fingerprint density at radius 1 is 1.47 bits per heavy atom. The molecular formula is C13H15ClN2S. The average Bonchev–Trinajstić information content (AvgIpc) is 2.74. The van der Waals surface area contributed by atoms with Crippen molar-refractivity contribution in [3.8, 4) is 0 Å². The van der Waals surface area contributed by atoms with E-state index in [-0.39, 0.29) is 6.04 Å². The van der Waals surface area contributed by atoms with Crippen LogP contribution in [0.25, 0.3) is 0 Å². The fourth-order valence-corrected chi connectivity index (χ4v) is 3.10. The van der Waals surface area contributed by atoms with Crippen molar-refractivity contribution < 1.29 is 0 Å². The molecule has 0 bridgehead atoms. The van der Waals surface area contributed by atoms with Crippen LogP contribution in [-0.2, 0) is 0 Å². The molecule has 0 aliphatic rings. The molecule has 4 heteroatoms. The molecule has 1 atom stereocenters.